The minimum atomic E-state index is -1.06. The molecule has 0 aliphatic heterocycles. The van der Waals surface area contributed by atoms with E-state index in [1.54, 1.807) is 11.9 Å². The molecule has 0 aliphatic carbocycles. The number of carboxylic acid groups (broad SMARTS) is 1. The number of carboxylic acids is 1. The van der Waals surface area contributed by atoms with Crippen LogP contribution >= 0.6 is 0 Å². The third-order valence-corrected chi connectivity index (χ3v) is 2.42. The lowest BCUT2D eigenvalue weighted by atomic mass is 10.2. The van der Waals surface area contributed by atoms with Crippen molar-refractivity contribution in [3.05, 3.63) is 29.6 Å². The molecule has 1 amide bonds. The number of aromatic nitrogens is 1. The smallest absolute Gasteiger partial charge is 0.335 e. The first kappa shape index (κ1) is 13.2. The summed E-state index contributed by atoms with van der Waals surface area (Å²) >= 11 is 0. The summed E-state index contributed by atoms with van der Waals surface area (Å²) in [4.78, 5) is 28.1. The molecule has 5 heteroatoms. The van der Waals surface area contributed by atoms with Gasteiger partial charge in [-0.1, -0.05) is 13.3 Å². The average molecular weight is 236 g/mol. The SMILES string of the molecule is CCCCN(C)C(=O)c1cc(C(=O)O)ccn1. The van der Waals surface area contributed by atoms with E-state index < -0.39 is 5.97 Å². The van der Waals surface area contributed by atoms with Gasteiger partial charge in [0.2, 0.25) is 0 Å². The van der Waals surface area contributed by atoms with Crippen LogP contribution in [0, 0.1) is 0 Å². The van der Waals surface area contributed by atoms with Crippen LogP contribution in [0.4, 0.5) is 0 Å². The predicted molar refractivity (Wildman–Crippen MR) is 63.1 cm³/mol. The second kappa shape index (κ2) is 5.98. The normalized spacial score (nSPS) is 10.0. The molecule has 0 bridgehead atoms. The lowest BCUT2D eigenvalue weighted by Gasteiger charge is -2.16. The number of pyridine rings is 1. The van der Waals surface area contributed by atoms with Crippen molar-refractivity contribution >= 4 is 11.9 Å². The van der Waals surface area contributed by atoms with E-state index in [1.165, 1.54) is 18.3 Å². The highest BCUT2D eigenvalue weighted by atomic mass is 16.4. The molecule has 0 saturated heterocycles. The van der Waals surface area contributed by atoms with Gasteiger partial charge in [0.25, 0.3) is 5.91 Å². The minimum absolute atomic E-state index is 0.0761. The first-order valence-corrected chi connectivity index (χ1v) is 5.51. The van der Waals surface area contributed by atoms with Gasteiger partial charge in [0.15, 0.2) is 0 Å². The molecule has 0 spiro atoms. The Labute approximate surface area is 100 Å². The quantitative estimate of drug-likeness (QED) is 0.843. The van der Waals surface area contributed by atoms with E-state index in [0.29, 0.717) is 6.54 Å². The number of rotatable bonds is 5. The lowest BCUT2D eigenvalue weighted by Crippen LogP contribution is -2.28. The standard InChI is InChI=1S/C12H16N2O3/c1-3-4-7-14(2)11(15)10-8-9(12(16)17)5-6-13-10/h5-6,8H,3-4,7H2,1-2H3,(H,16,17). The number of hydrogen-bond acceptors (Lipinski definition) is 3. The molecule has 0 aromatic carbocycles. The Morgan fingerprint density at radius 3 is 2.76 bits per heavy atom. The molecule has 17 heavy (non-hydrogen) atoms. The number of unbranched alkanes of at least 4 members (excludes halogenated alkanes) is 1. The number of amides is 1. The predicted octanol–water partition coefficient (Wildman–Crippen LogP) is 1.65. The van der Waals surface area contributed by atoms with Crippen molar-refractivity contribution in [1.29, 1.82) is 0 Å². The van der Waals surface area contributed by atoms with E-state index in [0.717, 1.165) is 12.8 Å². The van der Waals surface area contributed by atoms with Gasteiger partial charge in [-0.05, 0) is 18.6 Å². The first-order chi connectivity index (χ1) is 8.06. The van der Waals surface area contributed by atoms with Crippen LogP contribution in [-0.2, 0) is 0 Å². The Kier molecular flexibility index (Phi) is 4.63. The highest BCUT2D eigenvalue weighted by Crippen LogP contribution is 2.05. The fraction of sp³-hybridized carbons (Fsp3) is 0.417. The van der Waals surface area contributed by atoms with Crippen LogP contribution in [-0.4, -0.2) is 40.5 Å². The first-order valence-electron chi connectivity index (χ1n) is 5.51. The molecule has 0 aliphatic rings. The summed E-state index contributed by atoms with van der Waals surface area (Å²) in [5, 5.41) is 8.82. The van der Waals surface area contributed by atoms with E-state index in [1.807, 2.05) is 6.92 Å². The summed E-state index contributed by atoms with van der Waals surface area (Å²) in [7, 11) is 1.69. The van der Waals surface area contributed by atoms with Crippen molar-refractivity contribution in [3.8, 4) is 0 Å². The Bertz CT molecular complexity index is 418. The van der Waals surface area contributed by atoms with Gasteiger partial charge in [-0.15, -0.1) is 0 Å². The minimum Gasteiger partial charge on any atom is -0.478 e. The zero-order valence-corrected chi connectivity index (χ0v) is 10.0. The summed E-state index contributed by atoms with van der Waals surface area (Å²) in [5.74, 6) is -1.31. The highest BCUT2D eigenvalue weighted by Gasteiger charge is 2.14. The highest BCUT2D eigenvalue weighted by molar-refractivity contribution is 5.95. The molecule has 1 N–H and O–H groups in total. The largest absolute Gasteiger partial charge is 0.478 e. The van der Waals surface area contributed by atoms with Gasteiger partial charge in [0.05, 0.1) is 5.56 Å². The van der Waals surface area contributed by atoms with Gasteiger partial charge in [-0.3, -0.25) is 9.78 Å². The molecule has 1 rings (SSSR count). The Hall–Kier alpha value is -1.91. The fourth-order valence-electron chi connectivity index (χ4n) is 1.37. The van der Waals surface area contributed by atoms with Gasteiger partial charge in [0.1, 0.15) is 5.69 Å². The third-order valence-electron chi connectivity index (χ3n) is 2.42. The monoisotopic (exact) mass is 236 g/mol. The molecular weight excluding hydrogens is 220 g/mol. The molecule has 1 aromatic rings. The van der Waals surface area contributed by atoms with Crippen molar-refractivity contribution in [3.63, 3.8) is 0 Å². The fourth-order valence-corrected chi connectivity index (χ4v) is 1.37. The van der Waals surface area contributed by atoms with Crippen LogP contribution in [0.1, 0.15) is 40.6 Å². The van der Waals surface area contributed by atoms with Gasteiger partial charge in [0, 0.05) is 19.8 Å². The molecule has 0 fully saturated rings. The van der Waals surface area contributed by atoms with Crippen molar-refractivity contribution in [2.75, 3.05) is 13.6 Å². The average Bonchev–Trinajstić information content (AvgIpc) is 2.35. The second-order valence-electron chi connectivity index (χ2n) is 3.82. The molecule has 92 valence electrons. The summed E-state index contributed by atoms with van der Waals surface area (Å²) < 4.78 is 0. The number of nitrogens with zero attached hydrogens (tertiary/aromatic N) is 2. The van der Waals surface area contributed by atoms with Gasteiger partial charge >= 0.3 is 5.97 Å². The van der Waals surface area contributed by atoms with Crippen molar-refractivity contribution in [2.45, 2.75) is 19.8 Å². The van der Waals surface area contributed by atoms with Crippen LogP contribution in [0.2, 0.25) is 0 Å². The van der Waals surface area contributed by atoms with Crippen LogP contribution < -0.4 is 0 Å². The number of aromatic carboxylic acids is 1. The summed E-state index contributed by atoms with van der Waals surface area (Å²) in [6, 6.07) is 2.66. The van der Waals surface area contributed by atoms with Crippen LogP contribution in [0.3, 0.4) is 0 Å². The summed E-state index contributed by atoms with van der Waals surface area (Å²) in [6.45, 7) is 2.69. The zero-order valence-electron chi connectivity index (χ0n) is 10.0. The van der Waals surface area contributed by atoms with Gasteiger partial charge < -0.3 is 10.0 Å². The van der Waals surface area contributed by atoms with E-state index in [9.17, 15) is 9.59 Å². The molecule has 0 atom stereocenters. The maximum Gasteiger partial charge on any atom is 0.335 e. The molecule has 0 radical (unpaired) electrons. The Morgan fingerprint density at radius 1 is 1.47 bits per heavy atom. The zero-order chi connectivity index (χ0) is 12.8. The molecular formula is C12H16N2O3. The lowest BCUT2D eigenvalue weighted by molar-refractivity contribution is 0.0696. The second-order valence-corrected chi connectivity index (χ2v) is 3.82. The van der Waals surface area contributed by atoms with E-state index in [-0.39, 0.29) is 17.2 Å². The Balaban J connectivity index is 2.81. The molecule has 0 unspecified atom stereocenters. The van der Waals surface area contributed by atoms with Crippen molar-refractivity contribution < 1.29 is 14.7 Å². The molecule has 0 saturated carbocycles. The van der Waals surface area contributed by atoms with Crippen molar-refractivity contribution in [1.82, 2.24) is 9.88 Å². The van der Waals surface area contributed by atoms with Crippen LogP contribution in [0.25, 0.3) is 0 Å². The van der Waals surface area contributed by atoms with E-state index in [4.69, 9.17) is 5.11 Å². The number of hydrogen-bond donors (Lipinski definition) is 1. The number of carbonyl (C=O) groups excluding carboxylic acids is 1. The molecule has 1 heterocycles. The van der Waals surface area contributed by atoms with Crippen LogP contribution in [0.5, 0.6) is 0 Å². The van der Waals surface area contributed by atoms with Gasteiger partial charge in [-0.2, -0.15) is 0 Å². The topological polar surface area (TPSA) is 70.5 Å². The summed E-state index contributed by atoms with van der Waals surface area (Å²) in [6.07, 6.45) is 3.26. The number of carbonyl (C=O) groups is 2. The van der Waals surface area contributed by atoms with Crippen molar-refractivity contribution in [2.24, 2.45) is 0 Å². The Morgan fingerprint density at radius 2 is 2.18 bits per heavy atom. The van der Waals surface area contributed by atoms with Gasteiger partial charge in [-0.25, -0.2) is 4.79 Å². The maximum atomic E-state index is 11.9. The maximum absolute atomic E-state index is 11.9. The third kappa shape index (κ3) is 3.55. The van der Waals surface area contributed by atoms with E-state index in [2.05, 4.69) is 4.98 Å². The molecule has 1 aromatic heterocycles. The van der Waals surface area contributed by atoms with E-state index >= 15 is 0 Å². The summed E-state index contributed by atoms with van der Waals surface area (Å²) in [5.41, 5.74) is 0.246. The molecule has 5 nitrogen and oxygen atoms in total. The van der Waals surface area contributed by atoms with Crippen LogP contribution in [0.15, 0.2) is 18.3 Å².